The number of rotatable bonds is 13. The van der Waals surface area contributed by atoms with Crippen LogP contribution in [0, 0.1) is 0 Å². The minimum Gasteiger partial charge on any atom is -0.375 e. The van der Waals surface area contributed by atoms with Gasteiger partial charge in [-0.3, -0.25) is 0 Å². The maximum absolute atomic E-state index is 3.22. The van der Waals surface area contributed by atoms with Crippen LogP contribution in [0.1, 0.15) is 37.0 Å². The lowest BCUT2D eigenvalue weighted by molar-refractivity contribution is 0.143. The molecule has 172 valence electrons. The third-order valence-corrected chi connectivity index (χ3v) is 6.74. The number of nitrogens with zero attached hydrogens (tertiary/aromatic N) is 3. The summed E-state index contributed by atoms with van der Waals surface area (Å²) in [5, 5.41) is 3.22. The smallest absolute Gasteiger partial charge is 0.0363 e. The summed E-state index contributed by atoms with van der Waals surface area (Å²) in [6, 6.07) is 18.4. The summed E-state index contributed by atoms with van der Waals surface area (Å²) in [6.07, 6.45) is 3.23. The monoisotopic (exact) mass is 424 g/mol. The van der Waals surface area contributed by atoms with E-state index in [1.54, 1.807) is 0 Å². The minimum absolute atomic E-state index is 0.114. The second-order valence-electron chi connectivity index (χ2n) is 9.16. The van der Waals surface area contributed by atoms with Gasteiger partial charge in [0, 0.05) is 44.5 Å². The molecule has 0 aliphatic carbocycles. The SMILES string of the molecule is CCN(C)c1ccc(CC(CC)(Cc2ccc(CN(C)CCNC)cc2)N(C)C)cc1. The van der Waals surface area contributed by atoms with E-state index in [1.165, 1.54) is 22.4 Å². The molecule has 4 nitrogen and oxygen atoms in total. The highest BCUT2D eigenvalue weighted by atomic mass is 15.1. The van der Waals surface area contributed by atoms with E-state index in [0.29, 0.717) is 0 Å². The predicted octanol–water partition coefficient (Wildman–Crippen LogP) is 4.29. The summed E-state index contributed by atoms with van der Waals surface area (Å²) in [6.45, 7) is 8.61. The minimum atomic E-state index is 0.114. The van der Waals surface area contributed by atoms with Crippen molar-refractivity contribution >= 4 is 5.69 Å². The second kappa shape index (κ2) is 12.2. The zero-order valence-corrected chi connectivity index (χ0v) is 20.9. The van der Waals surface area contributed by atoms with Crippen LogP contribution in [0.4, 0.5) is 5.69 Å². The standard InChI is InChI=1S/C27H44N4/c1-8-27(29(4)5,21-24-14-16-26(17-15-24)31(7)9-2)20-23-10-12-25(13-11-23)22-30(6)19-18-28-3/h10-17,28H,8-9,18-22H2,1-7H3. The Kier molecular flexibility index (Phi) is 10.0. The second-order valence-corrected chi connectivity index (χ2v) is 9.16. The lowest BCUT2D eigenvalue weighted by atomic mass is 9.81. The molecule has 2 aromatic carbocycles. The quantitative estimate of drug-likeness (QED) is 0.518. The van der Waals surface area contributed by atoms with Crippen molar-refractivity contribution in [2.45, 2.75) is 45.2 Å². The third kappa shape index (κ3) is 7.34. The van der Waals surface area contributed by atoms with Gasteiger partial charge in [-0.15, -0.1) is 0 Å². The molecule has 31 heavy (non-hydrogen) atoms. The van der Waals surface area contributed by atoms with E-state index in [-0.39, 0.29) is 5.54 Å². The molecule has 0 saturated heterocycles. The highest BCUT2D eigenvalue weighted by Gasteiger charge is 2.31. The lowest BCUT2D eigenvalue weighted by Crippen LogP contribution is -2.47. The lowest BCUT2D eigenvalue weighted by Gasteiger charge is -2.40. The number of hydrogen-bond donors (Lipinski definition) is 1. The van der Waals surface area contributed by atoms with Crippen LogP contribution in [-0.2, 0) is 19.4 Å². The van der Waals surface area contributed by atoms with E-state index < -0.39 is 0 Å². The van der Waals surface area contributed by atoms with Crippen LogP contribution < -0.4 is 10.2 Å². The van der Waals surface area contributed by atoms with E-state index in [4.69, 9.17) is 0 Å². The Labute approximate surface area is 191 Å². The molecular weight excluding hydrogens is 380 g/mol. The van der Waals surface area contributed by atoms with Crippen LogP contribution in [0.25, 0.3) is 0 Å². The Morgan fingerprint density at radius 3 is 1.74 bits per heavy atom. The molecule has 0 radical (unpaired) electrons. The Morgan fingerprint density at radius 1 is 0.774 bits per heavy atom. The van der Waals surface area contributed by atoms with Gasteiger partial charge in [0.15, 0.2) is 0 Å². The van der Waals surface area contributed by atoms with Gasteiger partial charge in [0.25, 0.3) is 0 Å². The summed E-state index contributed by atoms with van der Waals surface area (Å²) in [5.41, 5.74) is 5.60. The summed E-state index contributed by atoms with van der Waals surface area (Å²) in [7, 11) is 10.8. The highest BCUT2D eigenvalue weighted by Crippen LogP contribution is 2.28. The first-order valence-electron chi connectivity index (χ1n) is 11.7. The van der Waals surface area contributed by atoms with Gasteiger partial charge in [0.1, 0.15) is 0 Å². The fraction of sp³-hybridized carbons (Fsp3) is 0.556. The first-order valence-corrected chi connectivity index (χ1v) is 11.7. The Hall–Kier alpha value is -1.88. The molecule has 4 heteroatoms. The Bertz CT molecular complexity index is 754. The summed E-state index contributed by atoms with van der Waals surface area (Å²) in [5.74, 6) is 0. The summed E-state index contributed by atoms with van der Waals surface area (Å²) < 4.78 is 0. The molecule has 0 aromatic heterocycles. The average Bonchev–Trinajstić information content (AvgIpc) is 2.78. The maximum Gasteiger partial charge on any atom is 0.0363 e. The van der Waals surface area contributed by atoms with Gasteiger partial charge in [-0.25, -0.2) is 0 Å². The van der Waals surface area contributed by atoms with Gasteiger partial charge >= 0.3 is 0 Å². The van der Waals surface area contributed by atoms with Crippen molar-refractivity contribution in [3.63, 3.8) is 0 Å². The average molecular weight is 425 g/mol. The number of anilines is 1. The zero-order chi connectivity index (χ0) is 22.9. The van der Waals surface area contributed by atoms with Crippen LogP contribution in [0.3, 0.4) is 0 Å². The van der Waals surface area contributed by atoms with E-state index in [1.807, 2.05) is 7.05 Å². The van der Waals surface area contributed by atoms with Crippen molar-refractivity contribution < 1.29 is 0 Å². The van der Waals surface area contributed by atoms with Gasteiger partial charge in [-0.1, -0.05) is 43.3 Å². The number of likely N-dealkylation sites (N-methyl/N-ethyl adjacent to an activating group) is 3. The fourth-order valence-electron chi connectivity index (χ4n) is 4.21. The maximum atomic E-state index is 3.22. The van der Waals surface area contributed by atoms with Crippen molar-refractivity contribution in [1.82, 2.24) is 15.1 Å². The van der Waals surface area contributed by atoms with Crippen molar-refractivity contribution in [3.05, 3.63) is 65.2 Å². The predicted molar refractivity (Wildman–Crippen MR) is 136 cm³/mol. The first-order chi connectivity index (χ1) is 14.8. The van der Waals surface area contributed by atoms with E-state index in [2.05, 4.69) is 111 Å². The molecule has 0 heterocycles. The van der Waals surface area contributed by atoms with Crippen molar-refractivity contribution in [2.24, 2.45) is 0 Å². The fourth-order valence-corrected chi connectivity index (χ4v) is 4.21. The molecule has 1 N–H and O–H groups in total. The number of hydrogen-bond acceptors (Lipinski definition) is 4. The molecule has 2 aromatic rings. The normalized spacial score (nSPS) is 13.6. The van der Waals surface area contributed by atoms with Crippen molar-refractivity contribution in [2.75, 3.05) is 59.8 Å². The van der Waals surface area contributed by atoms with Gasteiger partial charge in [0.05, 0.1) is 0 Å². The van der Waals surface area contributed by atoms with Crippen LogP contribution in [0.5, 0.6) is 0 Å². The molecule has 1 unspecified atom stereocenters. The molecule has 0 fully saturated rings. The molecule has 0 spiro atoms. The largest absolute Gasteiger partial charge is 0.375 e. The number of benzene rings is 2. The third-order valence-electron chi connectivity index (χ3n) is 6.74. The van der Waals surface area contributed by atoms with Crippen molar-refractivity contribution in [1.29, 1.82) is 0 Å². The molecule has 1 atom stereocenters. The summed E-state index contributed by atoms with van der Waals surface area (Å²) in [4.78, 5) is 7.07. The molecule has 0 amide bonds. The molecular formula is C27H44N4. The first kappa shape index (κ1) is 25.4. The van der Waals surface area contributed by atoms with Gasteiger partial charge in [0.2, 0.25) is 0 Å². The highest BCUT2D eigenvalue weighted by molar-refractivity contribution is 5.47. The molecule has 2 rings (SSSR count). The van der Waals surface area contributed by atoms with Crippen LogP contribution >= 0.6 is 0 Å². The van der Waals surface area contributed by atoms with Gasteiger partial charge in [-0.2, -0.15) is 0 Å². The summed E-state index contributed by atoms with van der Waals surface area (Å²) >= 11 is 0. The van der Waals surface area contributed by atoms with Crippen molar-refractivity contribution in [3.8, 4) is 0 Å². The zero-order valence-electron chi connectivity index (χ0n) is 20.9. The van der Waals surface area contributed by atoms with Gasteiger partial charge in [-0.05, 0) is 83.2 Å². The Morgan fingerprint density at radius 2 is 1.29 bits per heavy atom. The topological polar surface area (TPSA) is 21.8 Å². The Balaban J connectivity index is 2.11. The van der Waals surface area contributed by atoms with Crippen LogP contribution in [-0.4, -0.2) is 70.2 Å². The molecule has 0 aliphatic heterocycles. The van der Waals surface area contributed by atoms with E-state index in [0.717, 1.165) is 45.4 Å². The molecule has 0 saturated carbocycles. The van der Waals surface area contributed by atoms with Crippen LogP contribution in [0.2, 0.25) is 0 Å². The van der Waals surface area contributed by atoms with Crippen LogP contribution in [0.15, 0.2) is 48.5 Å². The van der Waals surface area contributed by atoms with E-state index in [9.17, 15) is 0 Å². The van der Waals surface area contributed by atoms with Gasteiger partial charge < -0.3 is 20.0 Å². The number of nitrogens with one attached hydrogen (secondary N) is 1. The molecule has 0 bridgehead atoms. The molecule has 0 aliphatic rings. The van der Waals surface area contributed by atoms with E-state index >= 15 is 0 Å².